The van der Waals surface area contributed by atoms with E-state index >= 15 is 0 Å². The van der Waals surface area contributed by atoms with Crippen molar-refractivity contribution in [1.29, 1.82) is 0 Å². The molecule has 4 nitrogen and oxygen atoms in total. The van der Waals surface area contributed by atoms with Crippen molar-refractivity contribution in [3.63, 3.8) is 0 Å². The molecule has 1 radical (unpaired) electrons. The van der Waals surface area contributed by atoms with Gasteiger partial charge in [-0.1, -0.05) is 0 Å². The van der Waals surface area contributed by atoms with Crippen molar-refractivity contribution < 1.29 is 19.1 Å². The molecule has 207 valence electrons. The molecule has 35 heavy (non-hydrogen) atoms. The molecular formula is C28H55O4S2Sn. The predicted molar refractivity (Wildman–Crippen MR) is 158 cm³/mol. The topological polar surface area (TPSA) is 52.6 Å². The van der Waals surface area contributed by atoms with Crippen molar-refractivity contribution in [2.75, 3.05) is 13.2 Å². The minimum atomic E-state index is -2.12. The monoisotopic (exact) mass is 639 g/mol. The Hall–Kier alpha value is 0.439. The SMILES string of the molecule is CCC[CH2][Sn]([CH2]CCC)[C@H](SC(S)C(=O)OCCCCCC(C)C)C(=O)OCCCCCC(C)C. The van der Waals surface area contributed by atoms with E-state index in [4.69, 9.17) is 9.47 Å². The van der Waals surface area contributed by atoms with Gasteiger partial charge in [0.25, 0.3) is 0 Å². The Kier molecular flexibility index (Phi) is 23.8. The number of unbranched alkanes of at least 4 members (excludes halogenated alkanes) is 6. The number of thioether (sulfide) groups is 1. The van der Waals surface area contributed by atoms with Crippen molar-refractivity contribution in [1.82, 2.24) is 0 Å². The first-order valence-corrected chi connectivity index (χ1v) is 21.4. The van der Waals surface area contributed by atoms with E-state index in [-0.39, 0.29) is 15.2 Å². The Bertz CT molecular complexity index is 523. The van der Waals surface area contributed by atoms with Crippen LogP contribution in [0.15, 0.2) is 0 Å². The van der Waals surface area contributed by atoms with Gasteiger partial charge in [0.15, 0.2) is 0 Å². The second kappa shape index (κ2) is 23.5. The average molecular weight is 639 g/mol. The van der Waals surface area contributed by atoms with Crippen LogP contribution >= 0.6 is 24.4 Å². The number of carbonyl (C=O) groups is 2. The van der Waals surface area contributed by atoms with Crippen LogP contribution in [0.5, 0.6) is 0 Å². The first kappa shape index (κ1) is 35.4. The zero-order valence-corrected chi connectivity index (χ0v) is 28.2. The van der Waals surface area contributed by atoms with Crippen molar-refractivity contribution in [3.8, 4) is 0 Å². The van der Waals surface area contributed by atoms with E-state index in [9.17, 15) is 9.59 Å². The fourth-order valence-corrected chi connectivity index (χ4v) is 18.5. The second-order valence-corrected chi connectivity index (χ2v) is 22.1. The molecule has 0 aliphatic heterocycles. The van der Waals surface area contributed by atoms with Gasteiger partial charge in [-0.15, -0.1) is 0 Å². The molecule has 0 heterocycles. The molecule has 0 aromatic heterocycles. The van der Waals surface area contributed by atoms with Crippen LogP contribution in [0, 0.1) is 11.8 Å². The van der Waals surface area contributed by atoms with E-state index in [0.717, 1.165) is 57.3 Å². The van der Waals surface area contributed by atoms with Gasteiger partial charge in [0, 0.05) is 0 Å². The zero-order chi connectivity index (χ0) is 26.5. The maximum atomic E-state index is 13.2. The van der Waals surface area contributed by atoms with Crippen molar-refractivity contribution in [2.45, 2.75) is 135 Å². The summed E-state index contributed by atoms with van der Waals surface area (Å²) in [6.45, 7) is 14.3. The Morgan fingerprint density at radius 1 is 0.714 bits per heavy atom. The van der Waals surface area contributed by atoms with E-state index in [1.807, 2.05) is 0 Å². The van der Waals surface area contributed by atoms with Gasteiger partial charge in [-0.05, 0) is 0 Å². The molecule has 0 aliphatic carbocycles. The normalized spacial score (nSPS) is 13.4. The van der Waals surface area contributed by atoms with Crippen molar-refractivity contribution in [2.24, 2.45) is 11.8 Å². The zero-order valence-electron chi connectivity index (χ0n) is 23.6. The quantitative estimate of drug-likeness (QED) is 0.0400. The Balaban J connectivity index is 4.87. The molecule has 0 aromatic rings. The van der Waals surface area contributed by atoms with E-state index in [1.54, 1.807) is 0 Å². The van der Waals surface area contributed by atoms with Crippen LogP contribution in [-0.2, 0) is 19.1 Å². The summed E-state index contributed by atoms with van der Waals surface area (Å²) in [6, 6.07) is 0. The fraction of sp³-hybridized carbons (Fsp3) is 0.929. The summed E-state index contributed by atoms with van der Waals surface area (Å²) >= 11 is 3.87. The second-order valence-electron chi connectivity index (χ2n) is 10.6. The van der Waals surface area contributed by atoms with E-state index in [1.165, 1.54) is 46.3 Å². The molecule has 0 bridgehead atoms. The molecule has 0 saturated carbocycles. The molecule has 0 saturated heterocycles. The van der Waals surface area contributed by atoms with Crippen LogP contribution in [0.25, 0.3) is 0 Å². The van der Waals surface area contributed by atoms with Gasteiger partial charge >= 0.3 is 236 Å². The van der Waals surface area contributed by atoms with Crippen LogP contribution in [0.1, 0.15) is 119 Å². The molecule has 0 amide bonds. The summed E-state index contributed by atoms with van der Waals surface area (Å²) < 4.78 is 12.8. The number of thiol groups is 1. The van der Waals surface area contributed by atoms with Gasteiger partial charge in [0.2, 0.25) is 0 Å². The summed E-state index contributed by atoms with van der Waals surface area (Å²) in [4.78, 5) is 25.8. The first-order valence-electron chi connectivity index (χ1n) is 14.2. The van der Waals surface area contributed by atoms with Gasteiger partial charge in [-0.25, -0.2) is 0 Å². The number of hydrogen-bond acceptors (Lipinski definition) is 6. The van der Waals surface area contributed by atoms with Gasteiger partial charge in [-0.2, -0.15) is 0 Å². The summed E-state index contributed by atoms with van der Waals surface area (Å²) in [6.07, 6.45) is 13.4. The predicted octanol–water partition coefficient (Wildman–Crippen LogP) is 8.50. The van der Waals surface area contributed by atoms with Crippen LogP contribution in [0.4, 0.5) is 0 Å². The average Bonchev–Trinajstić information content (AvgIpc) is 2.81. The molecule has 0 fully saturated rings. The van der Waals surface area contributed by atoms with E-state index in [0.29, 0.717) is 19.1 Å². The van der Waals surface area contributed by atoms with Crippen LogP contribution in [0.3, 0.4) is 0 Å². The fourth-order valence-electron chi connectivity index (χ4n) is 3.85. The minimum absolute atomic E-state index is 0.0963. The van der Waals surface area contributed by atoms with Crippen molar-refractivity contribution >= 4 is 56.1 Å². The summed E-state index contributed by atoms with van der Waals surface area (Å²) in [5.74, 6) is 1.03. The molecule has 0 N–H and O–H groups in total. The van der Waals surface area contributed by atoms with Gasteiger partial charge in [-0.3, -0.25) is 0 Å². The van der Waals surface area contributed by atoms with E-state index < -0.39 is 24.3 Å². The molecule has 0 rings (SSSR count). The molecule has 0 aromatic carbocycles. The van der Waals surface area contributed by atoms with Crippen LogP contribution in [-0.4, -0.2) is 52.8 Å². The molecular weight excluding hydrogens is 583 g/mol. The Morgan fingerprint density at radius 2 is 1.17 bits per heavy atom. The number of ether oxygens (including phenoxy) is 2. The standard InChI is InChI=1S/C20H37O4S2.2C4H9.Sn/c1-16(2)11-7-5-9-13-23-18(21)15-26-20(25)19(22)24-14-10-6-8-12-17(3)4;2*1-3-4-2;/h15-17,20,25H,5-14H2,1-4H3;2*1,3-4H2,2H3;. The van der Waals surface area contributed by atoms with Crippen LogP contribution in [0.2, 0.25) is 8.87 Å². The third kappa shape index (κ3) is 20.1. The van der Waals surface area contributed by atoms with Crippen molar-refractivity contribution in [3.05, 3.63) is 0 Å². The number of carbonyl (C=O) groups excluding carboxylic acids is 2. The third-order valence-corrected chi connectivity index (χ3v) is 19.5. The number of hydrogen-bond donors (Lipinski definition) is 1. The molecule has 1 unspecified atom stereocenters. The summed E-state index contributed by atoms with van der Waals surface area (Å²) in [7, 11) is 0. The van der Waals surface area contributed by atoms with Crippen LogP contribution < -0.4 is 0 Å². The Morgan fingerprint density at radius 3 is 1.60 bits per heavy atom. The number of rotatable bonds is 23. The van der Waals surface area contributed by atoms with Gasteiger partial charge in [0.1, 0.15) is 0 Å². The summed E-state index contributed by atoms with van der Waals surface area (Å²) in [5, 5.41) is 0. The summed E-state index contributed by atoms with van der Waals surface area (Å²) in [5.41, 5.74) is 0. The molecule has 7 heteroatoms. The third-order valence-electron chi connectivity index (χ3n) is 6.09. The Labute approximate surface area is 234 Å². The molecule has 0 aliphatic rings. The van der Waals surface area contributed by atoms with Gasteiger partial charge in [0.05, 0.1) is 0 Å². The first-order chi connectivity index (χ1) is 16.7. The molecule has 2 atom stereocenters. The number of esters is 2. The molecule has 0 spiro atoms. The van der Waals surface area contributed by atoms with E-state index in [2.05, 4.69) is 54.2 Å². The van der Waals surface area contributed by atoms with Gasteiger partial charge < -0.3 is 0 Å². The maximum absolute atomic E-state index is 13.2.